The van der Waals surface area contributed by atoms with E-state index < -0.39 is 11.7 Å². The molecule has 0 saturated heterocycles. The third kappa shape index (κ3) is 3.47. The molecular formula is C18H16FN3O2S2. The molecule has 3 N–H and O–H groups in total. The van der Waals surface area contributed by atoms with Crippen molar-refractivity contribution < 1.29 is 13.9 Å². The third-order valence-corrected chi connectivity index (χ3v) is 4.97. The maximum Gasteiger partial charge on any atom is 0.269 e. The van der Waals surface area contributed by atoms with E-state index in [9.17, 15) is 9.18 Å². The van der Waals surface area contributed by atoms with Crippen LogP contribution in [0.1, 0.15) is 16.6 Å². The molecule has 1 aromatic heterocycles. The van der Waals surface area contributed by atoms with Crippen LogP contribution < -0.4 is 15.8 Å². The van der Waals surface area contributed by atoms with Crippen molar-refractivity contribution in [2.75, 3.05) is 17.7 Å². The highest BCUT2D eigenvalue weighted by Crippen LogP contribution is 2.32. The fourth-order valence-electron chi connectivity index (χ4n) is 2.44. The number of anilines is 2. The quantitative estimate of drug-likeness (QED) is 0.624. The van der Waals surface area contributed by atoms with E-state index in [-0.39, 0.29) is 16.4 Å². The summed E-state index contributed by atoms with van der Waals surface area (Å²) in [6.45, 7) is 2.36. The van der Waals surface area contributed by atoms with Gasteiger partial charge >= 0.3 is 0 Å². The van der Waals surface area contributed by atoms with Crippen molar-refractivity contribution in [1.82, 2.24) is 4.57 Å². The number of nitrogen functional groups attached to an aromatic ring is 1. The number of aromatic nitrogens is 1. The number of carbonyl (C=O) groups excluding carboxylic acids is 1. The zero-order valence-corrected chi connectivity index (χ0v) is 15.5. The second-order valence-corrected chi connectivity index (χ2v) is 6.90. The third-order valence-electron chi connectivity index (χ3n) is 3.58. The zero-order valence-electron chi connectivity index (χ0n) is 13.9. The molecule has 1 amide bonds. The van der Waals surface area contributed by atoms with Crippen LogP contribution in [-0.2, 0) is 0 Å². The number of nitrogens with zero attached hydrogens (tertiary/aromatic N) is 1. The summed E-state index contributed by atoms with van der Waals surface area (Å²) in [4.78, 5) is 12.8. The number of amides is 1. The Morgan fingerprint density at radius 1 is 1.27 bits per heavy atom. The number of halogens is 1. The van der Waals surface area contributed by atoms with Gasteiger partial charge in [0.25, 0.3) is 5.91 Å². The van der Waals surface area contributed by atoms with Crippen LogP contribution >= 0.6 is 23.6 Å². The molecule has 1 heterocycles. The molecule has 0 aliphatic carbocycles. The molecule has 5 nitrogen and oxygen atoms in total. The topological polar surface area (TPSA) is 69.3 Å². The number of benzene rings is 2. The monoisotopic (exact) mass is 389 g/mol. The summed E-state index contributed by atoms with van der Waals surface area (Å²) in [7, 11) is 0. The molecule has 0 fully saturated rings. The summed E-state index contributed by atoms with van der Waals surface area (Å²) in [6, 6.07) is 13.2. The van der Waals surface area contributed by atoms with Gasteiger partial charge in [-0.1, -0.05) is 35.6 Å². The molecule has 0 unspecified atom stereocenters. The Balaban J connectivity index is 2.00. The van der Waals surface area contributed by atoms with Gasteiger partial charge in [-0.15, -0.1) is 0 Å². The van der Waals surface area contributed by atoms with Gasteiger partial charge in [0.1, 0.15) is 22.3 Å². The van der Waals surface area contributed by atoms with Gasteiger partial charge in [0.05, 0.1) is 18.0 Å². The second-order valence-electron chi connectivity index (χ2n) is 5.25. The molecule has 134 valence electrons. The predicted octanol–water partition coefficient (Wildman–Crippen LogP) is 4.64. The highest BCUT2D eigenvalue weighted by molar-refractivity contribution is 7.73. The summed E-state index contributed by atoms with van der Waals surface area (Å²) in [6.07, 6.45) is 0. The Labute approximate surface area is 158 Å². The van der Waals surface area contributed by atoms with E-state index in [4.69, 9.17) is 22.7 Å². The van der Waals surface area contributed by atoms with Gasteiger partial charge in [0.2, 0.25) is 0 Å². The van der Waals surface area contributed by atoms with Gasteiger partial charge in [0.15, 0.2) is 3.95 Å². The van der Waals surface area contributed by atoms with E-state index in [1.807, 2.05) is 25.1 Å². The van der Waals surface area contributed by atoms with E-state index in [0.29, 0.717) is 22.0 Å². The van der Waals surface area contributed by atoms with Crippen LogP contribution in [0.4, 0.5) is 15.9 Å². The molecule has 0 saturated carbocycles. The van der Waals surface area contributed by atoms with Crippen molar-refractivity contribution in [3.63, 3.8) is 0 Å². The van der Waals surface area contributed by atoms with E-state index in [0.717, 1.165) is 11.3 Å². The summed E-state index contributed by atoms with van der Waals surface area (Å²) in [5.74, 6) is -0.252. The Morgan fingerprint density at radius 2 is 1.96 bits per heavy atom. The minimum absolute atomic E-state index is 0.0810. The average Bonchev–Trinajstić information content (AvgIpc) is 2.92. The summed E-state index contributed by atoms with van der Waals surface area (Å²) >= 11 is 6.45. The highest BCUT2D eigenvalue weighted by atomic mass is 32.1. The SMILES string of the molecule is CCOc1ccccc1-n1c(N)c(C(=O)Nc2ccccc2F)sc1=S. The van der Waals surface area contributed by atoms with Crippen molar-refractivity contribution in [2.45, 2.75) is 6.92 Å². The lowest BCUT2D eigenvalue weighted by Crippen LogP contribution is -2.14. The van der Waals surface area contributed by atoms with Crippen LogP contribution in [-0.4, -0.2) is 17.1 Å². The number of hydrogen-bond acceptors (Lipinski definition) is 5. The highest BCUT2D eigenvalue weighted by Gasteiger charge is 2.20. The van der Waals surface area contributed by atoms with Crippen molar-refractivity contribution in [3.8, 4) is 11.4 Å². The molecule has 0 aliphatic heterocycles. The first-order valence-electron chi connectivity index (χ1n) is 7.82. The first-order valence-corrected chi connectivity index (χ1v) is 9.04. The van der Waals surface area contributed by atoms with E-state index in [1.165, 1.54) is 12.1 Å². The van der Waals surface area contributed by atoms with Crippen molar-refractivity contribution in [3.05, 3.63) is 63.2 Å². The standard InChI is InChI=1S/C18H16FN3O2S2/c1-2-24-14-10-6-5-9-13(14)22-16(20)15(26-18(22)25)17(23)21-12-8-4-3-7-11(12)19/h3-10H,2,20H2,1H3,(H,21,23). The fourth-order valence-corrected chi connectivity index (χ4v) is 3.69. The van der Waals surface area contributed by atoms with Crippen molar-refractivity contribution in [1.29, 1.82) is 0 Å². The Kier molecular flexibility index (Phi) is 5.34. The van der Waals surface area contributed by atoms with Gasteiger partial charge in [-0.2, -0.15) is 0 Å². The van der Waals surface area contributed by atoms with Gasteiger partial charge in [-0.25, -0.2) is 4.39 Å². The molecule has 26 heavy (non-hydrogen) atoms. The molecule has 0 spiro atoms. The van der Waals surface area contributed by atoms with Crippen LogP contribution in [0.3, 0.4) is 0 Å². The van der Waals surface area contributed by atoms with Gasteiger partial charge in [-0.05, 0) is 43.4 Å². The zero-order chi connectivity index (χ0) is 18.7. The van der Waals surface area contributed by atoms with Crippen LogP contribution in [0.15, 0.2) is 48.5 Å². The molecule has 3 rings (SSSR count). The number of nitrogens with two attached hydrogens (primary N) is 1. The molecule has 0 atom stereocenters. The maximum atomic E-state index is 13.8. The summed E-state index contributed by atoms with van der Waals surface area (Å²) < 4.78 is 21.4. The number of para-hydroxylation sites is 3. The molecule has 0 aliphatic rings. The Morgan fingerprint density at radius 3 is 2.69 bits per heavy atom. The lowest BCUT2D eigenvalue weighted by Gasteiger charge is -2.12. The number of carbonyl (C=O) groups is 1. The smallest absolute Gasteiger partial charge is 0.269 e. The Bertz CT molecular complexity index is 1010. The fraction of sp³-hybridized carbons (Fsp3) is 0.111. The normalized spacial score (nSPS) is 10.5. The van der Waals surface area contributed by atoms with E-state index in [1.54, 1.807) is 22.8 Å². The van der Waals surface area contributed by atoms with E-state index in [2.05, 4.69) is 5.32 Å². The Hall–Kier alpha value is -2.71. The first-order chi connectivity index (χ1) is 12.5. The van der Waals surface area contributed by atoms with E-state index >= 15 is 0 Å². The molecule has 0 bridgehead atoms. The number of ether oxygens (including phenoxy) is 1. The van der Waals surface area contributed by atoms with Crippen molar-refractivity contribution >= 4 is 41.0 Å². The molecule has 2 aromatic carbocycles. The maximum absolute atomic E-state index is 13.8. The van der Waals surface area contributed by atoms with Crippen molar-refractivity contribution in [2.24, 2.45) is 0 Å². The summed E-state index contributed by atoms with van der Waals surface area (Å²) in [5.41, 5.74) is 6.92. The van der Waals surface area contributed by atoms with Crippen LogP contribution in [0, 0.1) is 9.77 Å². The molecule has 3 aromatic rings. The van der Waals surface area contributed by atoms with Gasteiger partial charge in [0, 0.05) is 0 Å². The van der Waals surface area contributed by atoms with Gasteiger partial charge < -0.3 is 15.8 Å². The summed E-state index contributed by atoms with van der Waals surface area (Å²) in [5, 5.41) is 2.52. The lowest BCUT2D eigenvalue weighted by atomic mass is 10.2. The number of nitrogens with one attached hydrogen (secondary N) is 1. The largest absolute Gasteiger partial charge is 0.492 e. The minimum Gasteiger partial charge on any atom is -0.492 e. The molecular weight excluding hydrogens is 373 g/mol. The van der Waals surface area contributed by atoms with Crippen LogP contribution in [0.5, 0.6) is 5.75 Å². The second kappa shape index (κ2) is 7.67. The first kappa shape index (κ1) is 18.1. The van der Waals surface area contributed by atoms with Gasteiger partial charge in [-0.3, -0.25) is 9.36 Å². The molecule has 8 heteroatoms. The number of rotatable bonds is 5. The molecule has 0 radical (unpaired) electrons. The van der Waals surface area contributed by atoms with Crippen LogP contribution in [0.25, 0.3) is 5.69 Å². The lowest BCUT2D eigenvalue weighted by molar-refractivity contribution is 0.103. The number of thiazole rings is 1. The average molecular weight is 389 g/mol. The minimum atomic E-state index is -0.524. The van der Waals surface area contributed by atoms with Crippen LogP contribution in [0.2, 0.25) is 0 Å². The predicted molar refractivity (Wildman–Crippen MR) is 104 cm³/mol. The number of hydrogen-bond donors (Lipinski definition) is 2.